The van der Waals surface area contributed by atoms with Crippen LogP contribution in [0.2, 0.25) is 0 Å². The van der Waals surface area contributed by atoms with Crippen LogP contribution < -0.4 is 10.6 Å². The molecule has 6 heteroatoms. The highest BCUT2D eigenvalue weighted by molar-refractivity contribution is 7.90. The number of carbonyl (C=O) groups excluding carboxylic acids is 1. The van der Waals surface area contributed by atoms with E-state index in [9.17, 15) is 13.2 Å². The molecule has 0 unspecified atom stereocenters. The van der Waals surface area contributed by atoms with Crippen LogP contribution >= 0.6 is 0 Å². The highest BCUT2D eigenvalue weighted by atomic mass is 32.2. The molecule has 1 aromatic rings. The molecule has 1 aliphatic rings. The molecule has 5 nitrogen and oxygen atoms in total. The van der Waals surface area contributed by atoms with E-state index < -0.39 is 9.84 Å². The van der Waals surface area contributed by atoms with E-state index in [2.05, 4.69) is 10.6 Å². The summed E-state index contributed by atoms with van der Waals surface area (Å²) >= 11 is 0. The predicted molar refractivity (Wildman–Crippen MR) is 73.6 cm³/mol. The monoisotopic (exact) mass is 282 g/mol. The third kappa shape index (κ3) is 4.04. The molecule has 0 atom stereocenters. The van der Waals surface area contributed by atoms with Gasteiger partial charge in [0.15, 0.2) is 0 Å². The summed E-state index contributed by atoms with van der Waals surface area (Å²) in [6, 6.07) is 5.65. The lowest BCUT2D eigenvalue weighted by Crippen LogP contribution is -2.26. The maximum atomic E-state index is 11.9. The second kappa shape index (κ2) is 5.71. The van der Waals surface area contributed by atoms with E-state index in [0.29, 0.717) is 18.5 Å². The number of hydrogen-bond donors (Lipinski definition) is 2. The molecule has 19 heavy (non-hydrogen) atoms. The van der Waals surface area contributed by atoms with Gasteiger partial charge in [-0.15, -0.1) is 0 Å². The van der Waals surface area contributed by atoms with Crippen molar-refractivity contribution in [2.24, 2.45) is 0 Å². The van der Waals surface area contributed by atoms with Crippen molar-refractivity contribution < 1.29 is 13.2 Å². The molecule has 1 aliphatic heterocycles. The van der Waals surface area contributed by atoms with Crippen molar-refractivity contribution in [3.05, 3.63) is 34.9 Å². The third-order valence-corrected chi connectivity index (χ3v) is 4.11. The Morgan fingerprint density at radius 2 is 2.05 bits per heavy atom. The maximum Gasteiger partial charge on any atom is 0.251 e. The molecule has 0 saturated heterocycles. The van der Waals surface area contributed by atoms with Gasteiger partial charge in [0, 0.05) is 31.5 Å². The van der Waals surface area contributed by atoms with Gasteiger partial charge in [0.25, 0.3) is 5.91 Å². The zero-order valence-electron chi connectivity index (χ0n) is 10.9. The Bertz CT molecular complexity index is 582. The van der Waals surface area contributed by atoms with Crippen LogP contribution in [0, 0.1) is 0 Å². The van der Waals surface area contributed by atoms with Gasteiger partial charge in [-0.3, -0.25) is 4.79 Å². The lowest BCUT2D eigenvalue weighted by Gasteiger charge is -2.06. The van der Waals surface area contributed by atoms with E-state index >= 15 is 0 Å². The van der Waals surface area contributed by atoms with Gasteiger partial charge in [-0.05, 0) is 29.7 Å². The molecule has 0 bridgehead atoms. The SMILES string of the molecule is CS(=O)(=O)CCCNC(=O)c1ccc2c(c1)CNC2. The van der Waals surface area contributed by atoms with Gasteiger partial charge < -0.3 is 10.6 Å². The standard InChI is InChI=1S/C13H18N2O3S/c1-19(17,18)6-2-5-15-13(16)10-3-4-11-8-14-9-12(11)7-10/h3-4,7,14H,2,5-6,8-9H2,1H3,(H,15,16). The number of nitrogens with one attached hydrogen (secondary N) is 2. The van der Waals surface area contributed by atoms with Crippen molar-refractivity contribution in [3.8, 4) is 0 Å². The number of amides is 1. The molecule has 1 heterocycles. The van der Waals surface area contributed by atoms with Gasteiger partial charge >= 0.3 is 0 Å². The van der Waals surface area contributed by atoms with E-state index in [1.807, 2.05) is 12.1 Å². The molecule has 0 aromatic heterocycles. The Kier molecular flexibility index (Phi) is 4.21. The first-order chi connectivity index (χ1) is 8.96. The zero-order chi connectivity index (χ0) is 13.9. The maximum absolute atomic E-state index is 11.9. The number of sulfone groups is 1. The second-order valence-corrected chi connectivity index (χ2v) is 7.09. The summed E-state index contributed by atoms with van der Waals surface area (Å²) in [4.78, 5) is 11.9. The lowest BCUT2D eigenvalue weighted by atomic mass is 10.1. The lowest BCUT2D eigenvalue weighted by molar-refractivity contribution is 0.0953. The molecule has 104 valence electrons. The fourth-order valence-electron chi connectivity index (χ4n) is 2.07. The number of hydrogen-bond acceptors (Lipinski definition) is 4. The average molecular weight is 282 g/mol. The van der Waals surface area contributed by atoms with E-state index in [4.69, 9.17) is 0 Å². The van der Waals surface area contributed by atoms with Crippen LogP contribution in [0.4, 0.5) is 0 Å². The van der Waals surface area contributed by atoms with Crippen molar-refractivity contribution in [2.75, 3.05) is 18.6 Å². The minimum absolute atomic E-state index is 0.0986. The molecular formula is C13H18N2O3S. The fourth-order valence-corrected chi connectivity index (χ4v) is 2.74. The third-order valence-electron chi connectivity index (χ3n) is 3.08. The minimum Gasteiger partial charge on any atom is -0.352 e. The van der Waals surface area contributed by atoms with Gasteiger partial charge in [-0.2, -0.15) is 0 Å². The van der Waals surface area contributed by atoms with Crippen LogP contribution in [-0.2, 0) is 22.9 Å². The molecular weight excluding hydrogens is 264 g/mol. The van der Waals surface area contributed by atoms with Crippen LogP contribution in [0.3, 0.4) is 0 Å². The number of fused-ring (bicyclic) bond motifs is 1. The first-order valence-electron chi connectivity index (χ1n) is 6.24. The molecule has 0 saturated carbocycles. The zero-order valence-corrected chi connectivity index (χ0v) is 11.7. The van der Waals surface area contributed by atoms with Gasteiger partial charge in [-0.1, -0.05) is 6.07 Å². The van der Waals surface area contributed by atoms with E-state index in [-0.39, 0.29) is 11.7 Å². The van der Waals surface area contributed by atoms with Gasteiger partial charge in [0.2, 0.25) is 0 Å². The van der Waals surface area contributed by atoms with Crippen LogP contribution in [-0.4, -0.2) is 32.9 Å². The molecule has 1 aromatic carbocycles. The van der Waals surface area contributed by atoms with E-state index in [0.717, 1.165) is 18.7 Å². The van der Waals surface area contributed by atoms with Gasteiger partial charge in [0.1, 0.15) is 9.84 Å². The summed E-state index contributed by atoms with van der Waals surface area (Å²) in [6.07, 6.45) is 1.64. The molecule has 1 amide bonds. The summed E-state index contributed by atoms with van der Waals surface area (Å²) < 4.78 is 21.9. The van der Waals surface area contributed by atoms with Crippen molar-refractivity contribution in [1.82, 2.24) is 10.6 Å². The smallest absolute Gasteiger partial charge is 0.251 e. The highest BCUT2D eigenvalue weighted by Gasteiger charge is 2.13. The summed E-state index contributed by atoms with van der Waals surface area (Å²) in [7, 11) is -2.95. The van der Waals surface area contributed by atoms with Crippen LogP contribution in [0.1, 0.15) is 27.9 Å². The summed E-state index contributed by atoms with van der Waals surface area (Å²) in [5, 5.41) is 5.96. The quantitative estimate of drug-likeness (QED) is 0.769. The molecule has 0 radical (unpaired) electrons. The molecule has 2 N–H and O–H groups in total. The minimum atomic E-state index is -2.95. The Balaban J connectivity index is 1.87. The molecule has 0 spiro atoms. The van der Waals surface area contributed by atoms with Crippen molar-refractivity contribution in [3.63, 3.8) is 0 Å². The Morgan fingerprint density at radius 3 is 2.79 bits per heavy atom. The van der Waals surface area contributed by atoms with E-state index in [1.54, 1.807) is 6.07 Å². The topological polar surface area (TPSA) is 75.3 Å². The van der Waals surface area contributed by atoms with E-state index in [1.165, 1.54) is 11.8 Å². The first-order valence-corrected chi connectivity index (χ1v) is 8.30. The largest absolute Gasteiger partial charge is 0.352 e. The van der Waals surface area contributed by atoms with Crippen LogP contribution in [0.5, 0.6) is 0 Å². The second-order valence-electron chi connectivity index (χ2n) is 4.83. The Hall–Kier alpha value is -1.40. The number of benzene rings is 1. The van der Waals surface area contributed by atoms with Crippen molar-refractivity contribution in [1.29, 1.82) is 0 Å². The Labute approximate surface area is 113 Å². The highest BCUT2D eigenvalue weighted by Crippen LogP contribution is 2.16. The predicted octanol–water partition coefficient (Wildman–Crippen LogP) is 0.454. The van der Waals surface area contributed by atoms with Crippen LogP contribution in [0.15, 0.2) is 18.2 Å². The summed E-state index contributed by atoms with van der Waals surface area (Å²) in [6.45, 7) is 2.03. The van der Waals surface area contributed by atoms with Gasteiger partial charge in [-0.25, -0.2) is 8.42 Å². The normalized spacial score (nSPS) is 14.2. The summed E-state index contributed by atoms with van der Waals surface area (Å²) in [5.74, 6) is -0.0512. The number of rotatable bonds is 5. The van der Waals surface area contributed by atoms with Crippen molar-refractivity contribution in [2.45, 2.75) is 19.5 Å². The molecule has 2 rings (SSSR count). The van der Waals surface area contributed by atoms with Crippen molar-refractivity contribution >= 4 is 15.7 Å². The Morgan fingerprint density at radius 1 is 1.32 bits per heavy atom. The average Bonchev–Trinajstić information content (AvgIpc) is 2.80. The molecule has 0 aliphatic carbocycles. The first kappa shape index (κ1) is 14.0. The van der Waals surface area contributed by atoms with Crippen LogP contribution in [0.25, 0.3) is 0 Å². The number of carbonyl (C=O) groups is 1. The summed E-state index contributed by atoms with van der Waals surface area (Å²) in [5.41, 5.74) is 3.01. The fraction of sp³-hybridized carbons (Fsp3) is 0.462. The molecule has 0 fully saturated rings. The van der Waals surface area contributed by atoms with Gasteiger partial charge in [0.05, 0.1) is 5.75 Å².